The number of nitrogens with one attached hydrogen (secondary N) is 2. The molecule has 10 nitrogen and oxygen atoms in total. The lowest BCUT2D eigenvalue weighted by Crippen LogP contribution is -2.42. The fraction of sp³-hybridized carbons (Fsp3) is 0.250. The highest BCUT2D eigenvalue weighted by atomic mass is 35.5. The van der Waals surface area contributed by atoms with Crippen molar-refractivity contribution in [3.05, 3.63) is 106 Å². The van der Waals surface area contributed by atoms with Gasteiger partial charge < -0.3 is 25.0 Å². The summed E-state index contributed by atoms with van der Waals surface area (Å²) in [6.07, 6.45) is 0. The number of amides is 2. The molecule has 12 heteroatoms. The molecule has 3 heterocycles. The number of para-hydroxylation sites is 1. The normalized spacial score (nSPS) is 16.2. The molecule has 0 radical (unpaired) electrons. The van der Waals surface area contributed by atoms with Gasteiger partial charge in [0.15, 0.2) is 6.61 Å². The van der Waals surface area contributed by atoms with Crippen molar-refractivity contribution in [1.82, 2.24) is 19.7 Å². The van der Waals surface area contributed by atoms with Crippen molar-refractivity contribution in [3.8, 4) is 5.75 Å². The summed E-state index contributed by atoms with van der Waals surface area (Å²) in [6, 6.07) is 23.8. The van der Waals surface area contributed by atoms with Gasteiger partial charge in [-0.25, -0.2) is 4.68 Å². The summed E-state index contributed by atoms with van der Waals surface area (Å²) < 4.78 is 12.9. The van der Waals surface area contributed by atoms with Crippen LogP contribution in [0, 0.1) is 0 Å². The molecule has 3 aromatic carbocycles. The van der Waals surface area contributed by atoms with Gasteiger partial charge in [0.05, 0.1) is 18.8 Å². The van der Waals surface area contributed by atoms with Gasteiger partial charge in [0.1, 0.15) is 11.8 Å². The second-order valence-electron chi connectivity index (χ2n) is 10.3. The SMILES string of the molecule is CC1=C(C(=O)Nc2ccccc2)C(c2ccc(OCC(=O)N3CCOCC3)cc2)n2nc(SCc3ccccc3Cl)nc2N1. The van der Waals surface area contributed by atoms with Gasteiger partial charge in [0.25, 0.3) is 11.8 Å². The number of benzene rings is 3. The zero-order valence-corrected chi connectivity index (χ0v) is 25.6. The fourth-order valence-electron chi connectivity index (χ4n) is 5.07. The van der Waals surface area contributed by atoms with Crippen molar-refractivity contribution in [2.45, 2.75) is 23.9 Å². The first-order valence-electron chi connectivity index (χ1n) is 14.2. The number of carbonyl (C=O) groups excluding carboxylic acids is 2. The Morgan fingerprint density at radius 3 is 2.52 bits per heavy atom. The van der Waals surface area contributed by atoms with Crippen LogP contribution in [0.3, 0.4) is 0 Å². The van der Waals surface area contributed by atoms with Crippen molar-refractivity contribution in [1.29, 1.82) is 0 Å². The second-order valence-corrected chi connectivity index (χ2v) is 11.6. The van der Waals surface area contributed by atoms with Crippen molar-refractivity contribution >= 4 is 46.8 Å². The van der Waals surface area contributed by atoms with Gasteiger partial charge in [0.2, 0.25) is 11.1 Å². The molecule has 0 spiro atoms. The van der Waals surface area contributed by atoms with Crippen molar-refractivity contribution < 1.29 is 19.1 Å². The van der Waals surface area contributed by atoms with Crippen LogP contribution in [0.2, 0.25) is 5.02 Å². The van der Waals surface area contributed by atoms with E-state index in [-0.39, 0.29) is 18.4 Å². The molecular weight excluding hydrogens is 600 g/mol. The molecule has 0 bridgehead atoms. The van der Waals surface area contributed by atoms with Crippen LogP contribution in [0.4, 0.5) is 11.6 Å². The number of aromatic nitrogens is 3. The summed E-state index contributed by atoms with van der Waals surface area (Å²) >= 11 is 7.83. The smallest absolute Gasteiger partial charge is 0.260 e. The monoisotopic (exact) mass is 630 g/mol. The van der Waals surface area contributed by atoms with E-state index in [9.17, 15) is 9.59 Å². The van der Waals surface area contributed by atoms with Gasteiger partial charge in [-0.15, -0.1) is 5.10 Å². The Bertz CT molecular complexity index is 1670. The number of halogens is 1. The van der Waals surface area contributed by atoms with E-state index in [0.29, 0.717) is 70.9 Å². The highest BCUT2D eigenvalue weighted by molar-refractivity contribution is 7.98. The topological polar surface area (TPSA) is 111 Å². The Labute approximate surface area is 264 Å². The number of thioether (sulfide) groups is 1. The largest absolute Gasteiger partial charge is 0.484 e. The molecule has 1 saturated heterocycles. The first-order valence-corrected chi connectivity index (χ1v) is 15.6. The highest BCUT2D eigenvalue weighted by Gasteiger charge is 2.34. The number of nitrogens with zero attached hydrogens (tertiary/aromatic N) is 4. The molecule has 4 aromatic rings. The van der Waals surface area contributed by atoms with E-state index in [1.54, 1.807) is 21.7 Å². The first kappa shape index (κ1) is 29.7. The summed E-state index contributed by atoms with van der Waals surface area (Å²) in [5.41, 5.74) is 3.65. The van der Waals surface area contributed by atoms with E-state index >= 15 is 0 Å². The number of hydrogen-bond donors (Lipinski definition) is 2. The molecule has 44 heavy (non-hydrogen) atoms. The predicted molar refractivity (Wildman–Crippen MR) is 170 cm³/mol. The third-order valence-corrected chi connectivity index (χ3v) is 8.60. The van der Waals surface area contributed by atoms with Crippen LogP contribution < -0.4 is 15.4 Å². The number of hydrogen-bond acceptors (Lipinski definition) is 8. The Hall–Kier alpha value is -4.32. The second kappa shape index (κ2) is 13.5. The summed E-state index contributed by atoms with van der Waals surface area (Å²) in [5, 5.41) is 12.3. The van der Waals surface area contributed by atoms with Gasteiger partial charge >= 0.3 is 0 Å². The third-order valence-electron chi connectivity index (χ3n) is 7.35. The molecule has 0 aliphatic carbocycles. The number of anilines is 2. The Morgan fingerprint density at radius 1 is 1.05 bits per heavy atom. The van der Waals surface area contributed by atoms with Gasteiger partial charge in [-0.05, 0) is 48.4 Å². The molecule has 1 fully saturated rings. The molecular formula is C32H31ClN6O4S. The van der Waals surface area contributed by atoms with E-state index < -0.39 is 6.04 Å². The number of carbonyl (C=O) groups is 2. The maximum absolute atomic E-state index is 13.8. The highest BCUT2D eigenvalue weighted by Crippen LogP contribution is 2.38. The van der Waals surface area contributed by atoms with E-state index in [4.69, 9.17) is 31.2 Å². The molecule has 1 atom stereocenters. The van der Waals surface area contributed by atoms with Crippen molar-refractivity contribution in [3.63, 3.8) is 0 Å². The molecule has 0 saturated carbocycles. The minimum Gasteiger partial charge on any atom is -0.484 e. The van der Waals surface area contributed by atoms with Crippen LogP contribution in [-0.4, -0.2) is 64.4 Å². The number of fused-ring (bicyclic) bond motifs is 1. The maximum atomic E-state index is 13.8. The number of rotatable bonds is 9. The Morgan fingerprint density at radius 2 is 1.77 bits per heavy atom. The summed E-state index contributed by atoms with van der Waals surface area (Å²) in [4.78, 5) is 32.8. The summed E-state index contributed by atoms with van der Waals surface area (Å²) in [7, 11) is 0. The van der Waals surface area contributed by atoms with Crippen LogP contribution >= 0.6 is 23.4 Å². The fourth-order valence-corrected chi connectivity index (χ4v) is 6.18. The van der Waals surface area contributed by atoms with Crippen LogP contribution in [0.15, 0.2) is 95.3 Å². The molecule has 6 rings (SSSR count). The Balaban J connectivity index is 1.26. The van der Waals surface area contributed by atoms with E-state index in [0.717, 1.165) is 11.1 Å². The van der Waals surface area contributed by atoms with Crippen LogP contribution in [0.25, 0.3) is 0 Å². The summed E-state index contributed by atoms with van der Waals surface area (Å²) in [6.45, 7) is 4.00. The summed E-state index contributed by atoms with van der Waals surface area (Å²) in [5.74, 6) is 1.34. The lowest BCUT2D eigenvalue weighted by molar-refractivity contribution is -0.137. The zero-order valence-electron chi connectivity index (χ0n) is 24.0. The van der Waals surface area contributed by atoms with E-state index in [2.05, 4.69) is 10.6 Å². The molecule has 2 aliphatic rings. The van der Waals surface area contributed by atoms with Crippen molar-refractivity contribution in [2.24, 2.45) is 0 Å². The molecule has 2 N–H and O–H groups in total. The molecule has 1 unspecified atom stereocenters. The minimum atomic E-state index is -0.568. The maximum Gasteiger partial charge on any atom is 0.260 e. The molecule has 226 valence electrons. The standard InChI is InChI=1S/C32H31ClN6O4S/c1-21-28(30(41)35-24-8-3-2-4-9-24)29(22-11-13-25(14-12-22)43-19-27(40)38-15-17-42-18-16-38)39-31(34-21)36-32(37-39)44-20-23-7-5-6-10-26(23)33/h2-14,29H,15-20H2,1H3,(H,35,41)(H,34,36,37). The average Bonchev–Trinajstić information content (AvgIpc) is 3.46. The molecule has 2 aliphatic heterocycles. The minimum absolute atomic E-state index is 0.0598. The number of ether oxygens (including phenoxy) is 2. The van der Waals surface area contributed by atoms with Crippen LogP contribution in [-0.2, 0) is 20.1 Å². The first-order chi connectivity index (χ1) is 21.5. The zero-order chi connectivity index (χ0) is 30.5. The predicted octanol–water partition coefficient (Wildman–Crippen LogP) is 5.39. The van der Waals surface area contributed by atoms with Gasteiger partial charge in [-0.2, -0.15) is 4.98 Å². The van der Waals surface area contributed by atoms with Gasteiger partial charge in [-0.3, -0.25) is 9.59 Å². The third kappa shape index (κ3) is 6.75. The van der Waals surface area contributed by atoms with Gasteiger partial charge in [0, 0.05) is 35.2 Å². The average molecular weight is 631 g/mol. The van der Waals surface area contributed by atoms with E-state index in [1.807, 2.05) is 73.7 Å². The number of morpholine rings is 1. The van der Waals surface area contributed by atoms with Crippen LogP contribution in [0.1, 0.15) is 24.1 Å². The molecule has 2 amide bonds. The van der Waals surface area contributed by atoms with Crippen molar-refractivity contribution in [2.75, 3.05) is 43.5 Å². The molecule has 1 aromatic heterocycles. The quantitative estimate of drug-likeness (QED) is 0.237. The van der Waals surface area contributed by atoms with E-state index in [1.165, 1.54) is 11.8 Å². The van der Waals surface area contributed by atoms with Crippen LogP contribution in [0.5, 0.6) is 5.75 Å². The lowest BCUT2D eigenvalue weighted by atomic mass is 9.95. The van der Waals surface area contributed by atoms with Gasteiger partial charge in [-0.1, -0.05) is 71.9 Å². The lowest BCUT2D eigenvalue weighted by Gasteiger charge is -2.29. The Kier molecular flexibility index (Phi) is 9.15. The number of allylic oxidation sites excluding steroid dienone is 1.